The van der Waals surface area contributed by atoms with Gasteiger partial charge in [-0.05, 0) is 30.4 Å². The van der Waals surface area contributed by atoms with Gasteiger partial charge in [0, 0.05) is 11.6 Å². The van der Waals surface area contributed by atoms with E-state index in [1.165, 1.54) is 16.8 Å². The number of hydrogen-bond donors (Lipinski definition) is 0. The highest BCUT2D eigenvalue weighted by Gasteiger charge is 2.23. The number of allylic oxidation sites excluding steroid dienone is 1. The molecule has 0 saturated carbocycles. The Bertz CT molecular complexity index is 628. The van der Waals surface area contributed by atoms with Gasteiger partial charge < -0.3 is 0 Å². The number of benzene rings is 1. The number of thioether (sulfide) groups is 1. The van der Waals surface area contributed by atoms with E-state index in [2.05, 4.69) is 59.0 Å². The molecule has 1 aliphatic heterocycles. The molecule has 0 saturated heterocycles. The summed E-state index contributed by atoms with van der Waals surface area (Å²) < 4.78 is 2.16. The van der Waals surface area contributed by atoms with Crippen molar-refractivity contribution >= 4 is 23.5 Å². The summed E-state index contributed by atoms with van der Waals surface area (Å²) in [4.78, 5) is 0. The van der Waals surface area contributed by atoms with Gasteiger partial charge in [0.05, 0.1) is 0 Å². The van der Waals surface area contributed by atoms with Gasteiger partial charge in [-0.15, -0.1) is 10.2 Å². The zero-order valence-electron chi connectivity index (χ0n) is 10.7. The first-order valence-electron chi connectivity index (χ1n) is 5.99. The standard InChI is InChI=1S/C14H15N3S/c1-9-8-11-6-4-5-7-12(11)10(2)13-15-16-14(18-3)17(9)13/h4-8,10H,1-3H3. The first kappa shape index (κ1) is 11.5. The van der Waals surface area contributed by atoms with Gasteiger partial charge in [-0.1, -0.05) is 43.0 Å². The fourth-order valence-corrected chi connectivity index (χ4v) is 3.03. The first-order chi connectivity index (χ1) is 8.72. The molecule has 1 aromatic carbocycles. The van der Waals surface area contributed by atoms with Crippen LogP contribution in [-0.4, -0.2) is 21.0 Å². The van der Waals surface area contributed by atoms with E-state index in [-0.39, 0.29) is 5.92 Å². The number of nitrogens with zero attached hydrogens (tertiary/aromatic N) is 3. The predicted molar refractivity (Wildman–Crippen MR) is 75.6 cm³/mol. The average molecular weight is 257 g/mol. The van der Waals surface area contributed by atoms with Crippen LogP contribution in [0, 0.1) is 0 Å². The molecule has 0 spiro atoms. The molecule has 2 heterocycles. The second-order valence-electron chi connectivity index (χ2n) is 4.52. The van der Waals surface area contributed by atoms with Crippen molar-refractivity contribution in [1.82, 2.24) is 14.8 Å². The van der Waals surface area contributed by atoms with Crippen LogP contribution >= 0.6 is 11.8 Å². The van der Waals surface area contributed by atoms with Gasteiger partial charge in [0.1, 0.15) is 5.82 Å². The number of fused-ring (bicyclic) bond motifs is 2. The molecule has 2 aromatic rings. The highest BCUT2D eigenvalue weighted by Crippen LogP contribution is 2.34. The van der Waals surface area contributed by atoms with E-state index in [0.29, 0.717) is 0 Å². The highest BCUT2D eigenvalue weighted by atomic mass is 32.2. The molecular weight excluding hydrogens is 242 g/mol. The molecular formula is C14H15N3S. The molecule has 1 unspecified atom stereocenters. The molecule has 4 heteroatoms. The lowest BCUT2D eigenvalue weighted by Crippen LogP contribution is -2.05. The molecule has 0 bridgehead atoms. The third-order valence-electron chi connectivity index (χ3n) is 3.41. The normalized spacial score (nSPS) is 17.7. The third-order valence-corrected chi connectivity index (χ3v) is 4.04. The van der Waals surface area contributed by atoms with Crippen LogP contribution in [0.1, 0.15) is 36.7 Å². The summed E-state index contributed by atoms with van der Waals surface area (Å²) in [5, 5.41) is 9.59. The lowest BCUT2D eigenvalue weighted by atomic mass is 9.96. The Morgan fingerprint density at radius 2 is 2.00 bits per heavy atom. The van der Waals surface area contributed by atoms with E-state index < -0.39 is 0 Å². The fourth-order valence-electron chi connectivity index (χ4n) is 2.49. The molecule has 0 N–H and O–H groups in total. The van der Waals surface area contributed by atoms with Gasteiger partial charge in [-0.2, -0.15) is 0 Å². The van der Waals surface area contributed by atoms with E-state index in [0.717, 1.165) is 11.0 Å². The Kier molecular flexibility index (Phi) is 2.74. The summed E-state index contributed by atoms with van der Waals surface area (Å²) in [7, 11) is 0. The van der Waals surface area contributed by atoms with Gasteiger partial charge in [-0.25, -0.2) is 0 Å². The van der Waals surface area contributed by atoms with Crippen molar-refractivity contribution in [1.29, 1.82) is 0 Å². The molecule has 0 amide bonds. The third kappa shape index (κ3) is 1.60. The molecule has 1 atom stereocenters. The quantitative estimate of drug-likeness (QED) is 0.733. The van der Waals surface area contributed by atoms with Crippen LogP contribution in [-0.2, 0) is 0 Å². The Labute approximate surface area is 111 Å². The topological polar surface area (TPSA) is 30.7 Å². The molecule has 1 aromatic heterocycles. The number of hydrogen-bond acceptors (Lipinski definition) is 3. The van der Waals surface area contributed by atoms with Crippen LogP contribution in [0.15, 0.2) is 29.4 Å². The molecule has 0 radical (unpaired) electrons. The van der Waals surface area contributed by atoms with Crippen LogP contribution < -0.4 is 0 Å². The van der Waals surface area contributed by atoms with Crippen LogP contribution in [0.3, 0.4) is 0 Å². The van der Waals surface area contributed by atoms with Crippen LogP contribution in [0.5, 0.6) is 0 Å². The average Bonchev–Trinajstić information content (AvgIpc) is 2.78. The minimum absolute atomic E-state index is 0.267. The first-order valence-corrected chi connectivity index (χ1v) is 7.21. The lowest BCUT2D eigenvalue weighted by Gasteiger charge is -2.12. The molecule has 0 fully saturated rings. The summed E-state index contributed by atoms with van der Waals surface area (Å²) in [6.45, 7) is 4.30. The van der Waals surface area contributed by atoms with Gasteiger partial charge in [0.15, 0.2) is 5.16 Å². The summed E-state index contributed by atoms with van der Waals surface area (Å²) in [6.07, 6.45) is 4.25. The van der Waals surface area contributed by atoms with Crippen molar-refractivity contribution < 1.29 is 0 Å². The van der Waals surface area contributed by atoms with Gasteiger partial charge in [0.25, 0.3) is 0 Å². The predicted octanol–water partition coefficient (Wildman–Crippen LogP) is 3.48. The molecule has 1 aliphatic rings. The van der Waals surface area contributed by atoms with E-state index in [4.69, 9.17) is 0 Å². The maximum absolute atomic E-state index is 4.37. The molecule has 3 nitrogen and oxygen atoms in total. The molecule has 3 rings (SSSR count). The van der Waals surface area contributed by atoms with Crippen LogP contribution in [0.2, 0.25) is 0 Å². The number of rotatable bonds is 1. The molecule has 18 heavy (non-hydrogen) atoms. The van der Waals surface area contributed by atoms with Gasteiger partial charge in [0.2, 0.25) is 0 Å². The zero-order chi connectivity index (χ0) is 12.7. The zero-order valence-corrected chi connectivity index (χ0v) is 11.5. The van der Waals surface area contributed by atoms with Crippen LogP contribution in [0.4, 0.5) is 0 Å². The monoisotopic (exact) mass is 257 g/mol. The van der Waals surface area contributed by atoms with Gasteiger partial charge in [-0.3, -0.25) is 4.57 Å². The van der Waals surface area contributed by atoms with Crippen molar-refractivity contribution in [2.75, 3.05) is 6.26 Å². The highest BCUT2D eigenvalue weighted by molar-refractivity contribution is 7.98. The maximum atomic E-state index is 4.37. The molecule has 92 valence electrons. The summed E-state index contributed by atoms with van der Waals surface area (Å²) in [5.74, 6) is 1.29. The second-order valence-corrected chi connectivity index (χ2v) is 5.29. The Balaban J connectivity index is 2.29. The fraction of sp³-hybridized carbons (Fsp3) is 0.286. The van der Waals surface area contributed by atoms with Crippen LogP contribution in [0.25, 0.3) is 11.8 Å². The SMILES string of the molecule is CSc1nnc2n1C(C)=Cc1ccccc1C2C. The Morgan fingerprint density at radius 3 is 2.78 bits per heavy atom. The minimum atomic E-state index is 0.267. The summed E-state index contributed by atoms with van der Waals surface area (Å²) in [5.41, 5.74) is 3.77. The Morgan fingerprint density at radius 1 is 1.22 bits per heavy atom. The molecule has 0 aliphatic carbocycles. The van der Waals surface area contributed by atoms with Gasteiger partial charge >= 0.3 is 0 Å². The Hall–Kier alpha value is -1.55. The van der Waals surface area contributed by atoms with Crippen molar-refractivity contribution in [2.24, 2.45) is 0 Å². The summed E-state index contributed by atoms with van der Waals surface area (Å²) in [6, 6.07) is 8.50. The minimum Gasteiger partial charge on any atom is -0.278 e. The van der Waals surface area contributed by atoms with Crippen molar-refractivity contribution in [3.63, 3.8) is 0 Å². The van der Waals surface area contributed by atoms with E-state index in [1.54, 1.807) is 11.8 Å². The maximum Gasteiger partial charge on any atom is 0.195 e. The summed E-state index contributed by atoms with van der Waals surface area (Å²) >= 11 is 1.63. The number of aromatic nitrogens is 3. The van der Waals surface area contributed by atoms with E-state index >= 15 is 0 Å². The van der Waals surface area contributed by atoms with Crippen molar-refractivity contribution in [3.05, 3.63) is 41.2 Å². The lowest BCUT2D eigenvalue weighted by molar-refractivity contribution is 0.778. The van der Waals surface area contributed by atoms with E-state index in [1.807, 2.05) is 6.26 Å². The van der Waals surface area contributed by atoms with E-state index in [9.17, 15) is 0 Å². The second kappa shape index (κ2) is 4.28. The van der Waals surface area contributed by atoms with Crippen molar-refractivity contribution in [2.45, 2.75) is 24.9 Å². The van der Waals surface area contributed by atoms with Crippen molar-refractivity contribution in [3.8, 4) is 0 Å². The smallest absolute Gasteiger partial charge is 0.195 e. The largest absolute Gasteiger partial charge is 0.278 e.